The normalized spacial score (nSPS) is 12.9. The SMILES string of the molecule is CNC(=O)C(C)S(=O)(=O)Cc1nc(-c2ccc(C)cc2)no1. The number of aryl methyl sites for hydroxylation is 1. The van der Waals surface area contributed by atoms with Gasteiger partial charge in [-0.15, -0.1) is 0 Å². The zero-order valence-electron chi connectivity index (χ0n) is 12.5. The Morgan fingerprint density at radius 2 is 1.95 bits per heavy atom. The molecule has 7 nitrogen and oxygen atoms in total. The molecule has 0 fully saturated rings. The highest BCUT2D eigenvalue weighted by Crippen LogP contribution is 2.18. The molecule has 0 aliphatic heterocycles. The standard InChI is InChI=1S/C14H17N3O4S/c1-9-4-6-11(7-5-9)13-16-12(21-17-13)8-22(19,20)10(2)14(18)15-3/h4-7,10H,8H2,1-3H3,(H,15,18). The average molecular weight is 323 g/mol. The predicted octanol–water partition coefficient (Wildman–Crippen LogP) is 1.09. The number of hydrogen-bond donors (Lipinski definition) is 1. The van der Waals surface area contributed by atoms with Gasteiger partial charge in [0.25, 0.3) is 0 Å². The van der Waals surface area contributed by atoms with Gasteiger partial charge in [-0.1, -0.05) is 35.0 Å². The Morgan fingerprint density at radius 3 is 2.55 bits per heavy atom. The van der Waals surface area contributed by atoms with Crippen LogP contribution in [0.1, 0.15) is 18.4 Å². The van der Waals surface area contributed by atoms with Crippen molar-refractivity contribution in [1.82, 2.24) is 15.5 Å². The van der Waals surface area contributed by atoms with Crippen LogP contribution in [-0.2, 0) is 20.4 Å². The van der Waals surface area contributed by atoms with Crippen molar-refractivity contribution in [3.8, 4) is 11.4 Å². The Hall–Kier alpha value is -2.22. The second-order valence-corrected chi connectivity index (χ2v) is 7.26. The minimum atomic E-state index is -3.71. The Kier molecular flexibility index (Phi) is 4.60. The zero-order valence-corrected chi connectivity index (χ0v) is 13.3. The largest absolute Gasteiger partial charge is 0.358 e. The fourth-order valence-corrected chi connectivity index (χ4v) is 2.95. The summed E-state index contributed by atoms with van der Waals surface area (Å²) in [6, 6.07) is 7.45. The van der Waals surface area contributed by atoms with Crippen LogP contribution in [0.15, 0.2) is 28.8 Å². The second kappa shape index (κ2) is 6.27. The van der Waals surface area contributed by atoms with Crippen molar-refractivity contribution in [2.75, 3.05) is 7.05 Å². The summed E-state index contributed by atoms with van der Waals surface area (Å²) in [4.78, 5) is 15.5. The first-order valence-corrected chi connectivity index (χ1v) is 8.38. The fraction of sp³-hybridized carbons (Fsp3) is 0.357. The van der Waals surface area contributed by atoms with Gasteiger partial charge in [-0.05, 0) is 13.8 Å². The maximum absolute atomic E-state index is 12.1. The third-order valence-corrected chi connectivity index (χ3v) is 5.20. The minimum absolute atomic E-state index is 0.0358. The van der Waals surface area contributed by atoms with E-state index in [4.69, 9.17) is 4.52 Å². The summed E-state index contributed by atoms with van der Waals surface area (Å²) in [6.45, 7) is 3.28. The molecular formula is C14H17N3O4S. The van der Waals surface area contributed by atoms with Crippen LogP contribution in [-0.4, -0.2) is 36.8 Å². The van der Waals surface area contributed by atoms with Crippen molar-refractivity contribution in [3.05, 3.63) is 35.7 Å². The number of nitrogens with one attached hydrogen (secondary N) is 1. The lowest BCUT2D eigenvalue weighted by Gasteiger charge is -2.09. The van der Waals surface area contributed by atoms with E-state index in [1.807, 2.05) is 31.2 Å². The van der Waals surface area contributed by atoms with Gasteiger partial charge >= 0.3 is 0 Å². The van der Waals surface area contributed by atoms with Crippen molar-refractivity contribution in [2.45, 2.75) is 24.9 Å². The van der Waals surface area contributed by atoms with Crippen LogP contribution in [0.4, 0.5) is 0 Å². The van der Waals surface area contributed by atoms with Gasteiger partial charge in [-0.3, -0.25) is 4.79 Å². The number of hydrogen-bond acceptors (Lipinski definition) is 6. The summed E-state index contributed by atoms with van der Waals surface area (Å²) in [6.07, 6.45) is 0. The molecule has 0 saturated carbocycles. The van der Waals surface area contributed by atoms with E-state index in [-0.39, 0.29) is 5.89 Å². The predicted molar refractivity (Wildman–Crippen MR) is 80.6 cm³/mol. The zero-order chi connectivity index (χ0) is 16.3. The molecule has 8 heteroatoms. The molecule has 2 rings (SSSR count). The smallest absolute Gasteiger partial charge is 0.242 e. The van der Waals surface area contributed by atoms with Crippen LogP contribution in [0.3, 0.4) is 0 Å². The van der Waals surface area contributed by atoms with Crippen molar-refractivity contribution in [1.29, 1.82) is 0 Å². The third-order valence-electron chi connectivity index (χ3n) is 3.26. The van der Waals surface area contributed by atoms with E-state index < -0.39 is 26.7 Å². The molecule has 0 aliphatic rings. The summed E-state index contributed by atoms with van der Waals surface area (Å²) in [5, 5.41) is 4.91. The topological polar surface area (TPSA) is 102 Å². The lowest BCUT2D eigenvalue weighted by atomic mass is 10.1. The molecule has 1 N–H and O–H groups in total. The maximum Gasteiger partial charge on any atom is 0.242 e. The third kappa shape index (κ3) is 3.51. The molecule has 118 valence electrons. The summed E-state index contributed by atoms with van der Waals surface area (Å²) in [7, 11) is -2.32. The molecule has 1 amide bonds. The van der Waals surface area contributed by atoms with Gasteiger partial charge in [0.15, 0.2) is 9.84 Å². The number of carbonyl (C=O) groups is 1. The lowest BCUT2D eigenvalue weighted by Crippen LogP contribution is -2.36. The Labute approximate surface area is 128 Å². The molecule has 0 spiro atoms. The number of amides is 1. The van der Waals surface area contributed by atoms with Gasteiger partial charge in [0.2, 0.25) is 17.6 Å². The van der Waals surface area contributed by atoms with Crippen LogP contribution in [0, 0.1) is 6.92 Å². The minimum Gasteiger partial charge on any atom is -0.358 e. The molecule has 0 aliphatic carbocycles. The molecule has 2 aromatic rings. The number of rotatable bonds is 5. The molecule has 1 unspecified atom stereocenters. The van der Waals surface area contributed by atoms with E-state index in [0.717, 1.165) is 11.1 Å². The second-order valence-electron chi connectivity index (χ2n) is 4.94. The molecule has 1 aromatic carbocycles. The first-order chi connectivity index (χ1) is 10.3. The molecular weight excluding hydrogens is 306 g/mol. The van der Waals surface area contributed by atoms with Crippen molar-refractivity contribution >= 4 is 15.7 Å². The number of nitrogens with zero attached hydrogens (tertiary/aromatic N) is 2. The van der Waals surface area contributed by atoms with E-state index in [0.29, 0.717) is 5.82 Å². The van der Waals surface area contributed by atoms with Gasteiger partial charge in [0.1, 0.15) is 11.0 Å². The van der Waals surface area contributed by atoms with E-state index >= 15 is 0 Å². The van der Waals surface area contributed by atoms with Gasteiger partial charge in [-0.25, -0.2) is 8.42 Å². The van der Waals surface area contributed by atoms with Crippen LogP contribution in [0.25, 0.3) is 11.4 Å². The number of carbonyl (C=O) groups excluding carboxylic acids is 1. The van der Waals surface area contributed by atoms with Crippen LogP contribution in [0.5, 0.6) is 0 Å². The first kappa shape index (κ1) is 16.2. The molecule has 1 atom stereocenters. The van der Waals surface area contributed by atoms with Crippen LogP contribution < -0.4 is 5.32 Å². The highest BCUT2D eigenvalue weighted by atomic mass is 32.2. The van der Waals surface area contributed by atoms with E-state index in [1.165, 1.54) is 14.0 Å². The monoisotopic (exact) mass is 323 g/mol. The summed E-state index contributed by atoms with van der Waals surface area (Å²) < 4.78 is 29.2. The van der Waals surface area contributed by atoms with Gasteiger partial charge in [-0.2, -0.15) is 4.98 Å². The highest BCUT2D eigenvalue weighted by molar-refractivity contribution is 7.92. The van der Waals surface area contributed by atoms with E-state index in [2.05, 4.69) is 15.5 Å². The van der Waals surface area contributed by atoms with E-state index in [1.54, 1.807) is 0 Å². The number of sulfone groups is 1. The molecule has 1 heterocycles. The summed E-state index contributed by atoms with van der Waals surface area (Å²) in [5.41, 5.74) is 1.83. The van der Waals surface area contributed by atoms with Gasteiger partial charge in [0, 0.05) is 12.6 Å². The van der Waals surface area contributed by atoms with Crippen molar-refractivity contribution in [2.24, 2.45) is 0 Å². The quantitative estimate of drug-likeness (QED) is 0.884. The van der Waals surface area contributed by atoms with Crippen molar-refractivity contribution < 1.29 is 17.7 Å². The lowest BCUT2D eigenvalue weighted by molar-refractivity contribution is -0.119. The van der Waals surface area contributed by atoms with Gasteiger partial charge < -0.3 is 9.84 Å². The van der Waals surface area contributed by atoms with Crippen LogP contribution >= 0.6 is 0 Å². The fourth-order valence-electron chi connectivity index (χ4n) is 1.80. The van der Waals surface area contributed by atoms with Crippen molar-refractivity contribution in [3.63, 3.8) is 0 Å². The highest BCUT2D eigenvalue weighted by Gasteiger charge is 2.29. The number of aromatic nitrogens is 2. The molecule has 0 saturated heterocycles. The first-order valence-electron chi connectivity index (χ1n) is 6.66. The molecule has 0 bridgehead atoms. The molecule has 22 heavy (non-hydrogen) atoms. The Balaban J connectivity index is 2.18. The number of benzene rings is 1. The summed E-state index contributed by atoms with van der Waals surface area (Å²) in [5.74, 6) is -0.761. The average Bonchev–Trinajstić information content (AvgIpc) is 2.94. The van der Waals surface area contributed by atoms with E-state index in [9.17, 15) is 13.2 Å². The molecule has 1 aromatic heterocycles. The van der Waals surface area contributed by atoms with Gasteiger partial charge in [0.05, 0.1) is 0 Å². The summed E-state index contributed by atoms with van der Waals surface area (Å²) >= 11 is 0. The molecule has 0 radical (unpaired) electrons. The van der Waals surface area contributed by atoms with Crippen LogP contribution in [0.2, 0.25) is 0 Å². The maximum atomic E-state index is 12.1. The Morgan fingerprint density at radius 1 is 1.32 bits per heavy atom. The Bertz CT molecular complexity index is 766.